The van der Waals surface area contributed by atoms with Gasteiger partial charge >= 0.3 is 0 Å². The maximum absolute atomic E-state index is 12.2. The van der Waals surface area contributed by atoms with Gasteiger partial charge in [-0.15, -0.1) is 0 Å². The fourth-order valence-corrected chi connectivity index (χ4v) is 2.62. The first-order chi connectivity index (χ1) is 10.6. The summed E-state index contributed by atoms with van der Waals surface area (Å²) in [4.78, 5) is 29.9. The van der Waals surface area contributed by atoms with Crippen LogP contribution in [0.25, 0.3) is 0 Å². The van der Waals surface area contributed by atoms with E-state index < -0.39 is 0 Å². The smallest absolute Gasteiger partial charge is 0.231 e. The molecule has 7 nitrogen and oxygen atoms in total. The number of nitrogens with one attached hydrogen (secondary N) is 1. The largest absolute Gasteiger partial charge is 0.356 e. The number of rotatable bonds is 6. The van der Waals surface area contributed by atoms with Gasteiger partial charge in [0.2, 0.25) is 17.7 Å². The predicted molar refractivity (Wildman–Crippen MR) is 80.1 cm³/mol. The molecule has 0 saturated carbocycles. The van der Waals surface area contributed by atoms with Crippen molar-refractivity contribution in [2.75, 3.05) is 19.6 Å². The summed E-state index contributed by atoms with van der Waals surface area (Å²) >= 11 is 0. The highest BCUT2D eigenvalue weighted by Gasteiger charge is 2.28. The van der Waals surface area contributed by atoms with Crippen molar-refractivity contribution in [2.24, 2.45) is 0 Å². The topological polar surface area (TPSA) is 88.3 Å². The van der Waals surface area contributed by atoms with Gasteiger partial charge in [0.15, 0.2) is 5.82 Å². The lowest BCUT2D eigenvalue weighted by molar-refractivity contribution is -0.134. The molecule has 1 fully saturated rings. The van der Waals surface area contributed by atoms with E-state index in [4.69, 9.17) is 4.52 Å². The van der Waals surface area contributed by atoms with Gasteiger partial charge < -0.3 is 14.7 Å². The molecule has 0 aromatic carbocycles. The first-order valence-corrected chi connectivity index (χ1v) is 7.94. The van der Waals surface area contributed by atoms with Gasteiger partial charge in [0.25, 0.3) is 0 Å². The van der Waals surface area contributed by atoms with Gasteiger partial charge in [-0.2, -0.15) is 4.98 Å². The van der Waals surface area contributed by atoms with Crippen LogP contribution in [0.2, 0.25) is 0 Å². The van der Waals surface area contributed by atoms with Gasteiger partial charge in [-0.25, -0.2) is 0 Å². The van der Waals surface area contributed by atoms with Crippen LogP contribution in [0.4, 0.5) is 0 Å². The van der Waals surface area contributed by atoms with Gasteiger partial charge in [0.1, 0.15) is 0 Å². The van der Waals surface area contributed by atoms with Crippen molar-refractivity contribution in [3.63, 3.8) is 0 Å². The molecule has 1 saturated heterocycles. The van der Waals surface area contributed by atoms with Crippen molar-refractivity contribution in [1.29, 1.82) is 0 Å². The summed E-state index contributed by atoms with van der Waals surface area (Å²) < 4.78 is 5.21. The normalized spacial score (nSPS) is 18.3. The fourth-order valence-electron chi connectivity index (χ4n) is 2.62. The molecule has 2 heterocycles. The third-order valence-corrected chi connectivity index (χ3v) is 3.80. The van der Waals surface area contributed by atoms with Gasteiger partial charge in [-0.1, -0.05) is 12.1 Å². The summed E-state index contributed by atoms with van der Waals surface area (Å²) in [6, 6.07) is 0. The van der Waals surface area contributed by atoms with Gasteiger partial charge in [0, 0.05) is 32.5 Å². The summed E-state index contributed by atoms with van der Waals surface area (Å²) in [7, 11) is 0. The molecular weight excluding hydrogens is 284 g/mol. The second-order valence-corrected chi connectivity index (χ2v) is 5.71. The van der Waals surface area contributed by atoms with Crippen LogP contribution in [0, 0.1) is 6.92 Å². The third-order valence-electron chi connectivity index (χ3n) is 3.80. The molecule has 1 aliphatic heterocycles. The maximum atomic E-state index is 12.2. The van der Waals surface area contributed by atoms with E-state index in [9.17, 15) is 9.59 Å². The highest BCUT2D eigenvalue weighted by molar-refractivity contribution is 5.83. The Balaban J connectivity index is 1.81. The Morgan fingerprint density at radius 2 is 2.23 bits per heavy atom. The van der Waals surface area contributed by atoms with Crippen molar-refractivity contribution in [3.8, 4) is 0 Å². The molecule has 1 aromatic rings. The molecule has 7 heteroatoms. The van der Waals surface area contributed by atoms with Crippen LogP contribution in [-0.2, 0) is 9.59 Å². The van der Waals surface area contributed by atoms with E-state index in [1.807, 2.05) is 6.92 Å². The monoisotopic (exact) mass is 308 g/mol. The standard InChI is InChI=1S/C15H24N4O3/c1-3-8-16-13(20)6-7-14(21)19-9-4-5-12(10-19)15-17-11(2)18-22-15/h12H,3-10H2,1-2H3,(H,16,20). The summed E-state index contributed by atoms with van der Waals surface area (Å²) in [6.07, 6.45) is 3.27. The number of hydrogen-bond donors (Lipinski definition) is 1. The summed E-state index contributed by atoms with van der Waals surface area (Å²) in [6.45, 7) is 5.78. The molecule has 0 aliphatic carbocycles. The number of carbonyl (C=O) groups excluding carboxylic acids is 2. The van der Waals surface area contributed by atoms with Crippen LogP contribution in [-0.4, -0.2) is 46.5 Å². The van der Waals surface area contributed by atoms with Crippen LogP contribution in [0.15, 0.2) is 4.52 Å². The van der Waals surface area contributed by atoms with E-state index in [1.165, 1.54) is 0 Å². The number of amides is 2. The molecule has 22 heavy (non-hydrogen) atoms. The molecule has 122 valence electrons. The SMILES string of the molecule is CCCNC(=O)CCC(=O)N1CCCC(c2nc(C)no2)C1. The Morgan fingerprint density at radius 1 is 1.41 bits per heavy atom. The number of piperidine rings is 1. The summed E-state index contributed by atoms with van der Waals surface area (Å²) in [5.41, 5.74) is 0. The first kappa shape index (κ1) is 16.5. The van der Waals surface area contributed by atoms with Crippen LogP contribution >= 0.6 is 0 Å². The molecule has 0 bridgehead atoms. The lowest BCUT2D eigenvalue weighted by Gasteiger charge is -2.31. The Hall–Kier alpha value is -1.92. The number of carbonyl (C=O) groups is 2. The van der Waals surface area contributed by atoms with E-state index in [1.54, 1.807) is 11.8 Å². The second-order valence-electron chi connectivity index (χ2n) is 5.71. The van der Waals surface area contributed by atoms with Crippen molar-refractivity contribution in [1.82, 2.24) is 20.4 Å². The number of likely N-dealkylation sites (tertiary alicyclic amines) is 1. The van der Waals surface area contributed by atoms with Crippen LogP contribution in [0.5, 0.6) is 0 Å². The molecule has 1 aromatic heterocycles. The highest BCUT2D eigenvalue weighted by atomic mass is 16.5. The summed E-state index contributed by atoms with van der Waals surface area (Å²) in [5.74, 6) is 1.29. The molecule has 0 radical (unpaired) electrons. The lowest BCUT2D eigenvalue weighted by Crippen LogP contribution is -2.39. The Labute approximate surface area is 130 Å². The molecular formula is C15H24N4O3. The van der Waals surface area contributed by atoms with Crippen molar-refractivity contribution < 1.29 is 14.1 Å². The zero-order valence-electron chi connectivity index (χ0n) is 13.3. The van der Waals surface area contributed by atoms with E-state index in [0.717, 1.165) is 25.8 Å². The zero-order chi connectivity index (χ0) is 15.9. The van der Waals surface area contributed by atoms with Crippen molar-refractivity contribution >= 4 is 11.8 Å². The molecule has 1 unspecified atom stereocenters. The van der Waals surface area contributed by atoms with E-state index in [-0.39, 0.29) is 30.6 Å². The first-order valence-electron chi connectivity index (χ1n) is 7.94. The van der Waals surface area contributed by atoms with Crippen molar-refractivity contribution in [2.45, 2.75) is 51.9 Å². The maximum Gasteiger partial charge on any atom is 0.231 e. The number of aromatic nitrogens is 2. The Bertz CT molecular complexity index is 515. The lowest BCUT2D eigenvalue weighted by atomic mass is 9.97. The molecule has 2 rings (SSSR count). The quantitative estimate of drug-likeness (QED) is 0.858. The Kier molecular flexibility index (Phi) is 5.91. The molecule has 1 atom stereocenters. The van der Waals surface area contributed by atoms with E-state index >= 15 is 0 Å². The molecule has 1 N–H and O–H groups in total. The fraction of sp³-hybridized carbons (Fsp3) is 0.733. The number of nitrogens with zero attached hydrogens (tertiary/aromatic N) is 3. The molecule has 2 amide bonds. The van der Waals surface area contributed by atoms with Crippen LogP contribution in [0.1, 0.15) is 56.7 Å². The minimum atomic E-state index is -0.0590. The zero-order valence-corrected chi connectivity index (χ0v) is 13.3. The van der Waals surface area contributed by atoms with Crippen molar-refractivity contribution in [3.05, 3.63) is 11.7 Å². The predicted octanol–water partition coefficient (Wildman–Crippen LogP) is 1.39. The minimum absolute atomic E-state index is 0.0209. The third kappa shape index (κ3) is 4.54. The average molecular weight is 308 g/mol. The van der Waals surface area contributed by atoms with E-state index in [2.05, 4.69) is 15.5 Å². The van der Waals surface area contributed by atoms with E-state index in [0.29, 0.717) is 24.8 Å². The van der Waals surface area contributed by atoms with Gasteiger partial charge in [-0.3, -0.25) is 9.59 Å². The number of hydrogen-bond acceptors (Lipinski definition) is 5. The minimum Gasteiger partial charge on any atom is -0.356 e. The summed E-state index contributed by atoms with van der Waals surface area (Å²) in [5, 5.41) is 6.59. The molecule has 0 spiro atoms. The van der Waals surface area contributed by atoms with Crippen LogP contribution < -0.4 is 5.32 Å². The highest BCUT2D eigenvalue weighted by Crippen LogP contribution is 2.26. The molecule has 1 aliphatic rings. The average Bonchev–Trinajstić information content (AvgIpc) is 2.97. The Morgan fingerprint density at radius 3 is 2.91 bits per heavy atom. The van der Waals surface area contributed by atoms with Gasteiger partial charge in [0.05, 0.1) is 5.92 Å². The number of aryl methyl sites for hydroxylation is 1. The van der Waals surface area contributed by atoms with Gasteiger partial charge in [-0.05, 0) is 26.2 Å². The second kappa shape index (κ2) is 7.91. The van der Waals surface area contributed by atoms with Crippen LogP contribution in [0.3, 0.4) is 0 Å².